The molecule has 74 valence electrons. The molecule has 0 radical (unpaired) electrons. The molecule has 5 nitrogen and oxygen atoms in total. The molecule has 1 aromatic carbocycles. The van der Waals surface area contributed by atoms with Crippen LogP contribution in [-0.2, 0) is 4.74 Å². The van der Waals surface area contributed by atoms with Crippen molar-refractivity contribution in [2.45, 2.75) is 12.2 Å². The van der Waals surface area contributed by atoms with E-state index in [-0.39, 0.29) is 11.8 Å². The van der Waals surface area contributed by atoms with E-state index >= 15 is 0 Å². The lowest BCUT2D eigenvalue weighted by atomic mass is 10.1. The summed E-state index contributed by atoms with van der Waals surface area (Å²) in [6.45, 7) is 0.554. The fourth-order valence-electron chi connectivity index (χ4n) is 1.25. The highest BCUT2D eigenvalue weighted by Gasteiger charge is 2.32. The van der Waals surface area contributed by atoms with E-state index in [2.05, 4.69) is 0 Å². The van der Waals surface area contributed by atoms with Crippen LogP contribution in [-0.4, -0.2) is 22.7 Å². The molecule has 1 fully saturated rings. The Labute approximate surface area is 80.1 Å². The first-order chi connectivity index (χ1) is 6.68. The second-order valence-corrected chi connectivity index (χ2v) is 3.17. The van der Waals surface area contributed by atoms with Gasteiger partial charge in [0, 0.05) is 12.1 Å². The van der Waals surface area contributed by atoms with Crippen LogP contribution in [0.3, 0.4) is 0 Å². The number of epoxide rings is 1. The number of rotatable bonds is 3. The Kier molecular flexibility index (Phi) is 2.18. The Balaban J connectivity index is 2.16. The molecule has 1 aliphatic heterocycles. The maximum Gasteiger partial charge on any atom is 0.269 e. The van der Waals surface area contributed by atoms with Crippen LogP contribution in [0.1, 0.15) is 11.7 Å². The van der Waals surface area contributed by atoms with Gasteiger partial charge in [0.25, 0.3) is 5.69 Å². The summed E-state index contributed by atoms with van der Waals surface area (Å²) in [6, 6.07) is 5.84. The number of hydrogen-bond donors (Lipinski definition) is 1. The predicted octanol–water partition coefficient (Wildman–Crippen LogP) is 1.03. The van der Waals surface area contributed by atoms with Gasteiger partial charge < -0.3 is 9.84 Å². The number of benzene rings is 1. The summed E-state index contributed by atoms with van der Waals surface area (Å²) in [6.07, 6.45) is -0.813. The lowest BCUT2D eigenvalue weighted by molar-refractivity contribution is -0.384. The van der Waals surface area contributed by atoms with E-state index in [9.17, 15) is 15.2 Å². The van der Waals surface area contributed by atoms with Gasteiger partial charge >= 0.3 is 0 Å². The van der Waals surface area contributed by atoms with Gasteiger partial charge in [-0.2, -0.15) is 0 Å². The number of non-ortho nitro benzene ring substituents is 1. The number of hydrogen-bond acceptors (Lipinski definition) is 4. The summed E-state index contributed by atoms with van der Waals surface area (Å²) >= 11 is 0. The Bertz CT molecular complexity index is 344. The van der Waals surface area contributed by atoms with Crippen molar-refractivity contribution in [1.82, 2.24) is 0 Å². The molecule has 0 aliphatic carbocycles. The molecule has 0 bridgehead atoms. The molecule has 0 amide bonds. The topological polar surface area (TPSA) is 75.9 Å². The van der Waals surface area contributed by atoms with Gasteiger partial charge in [-0.3, -0.25) is 10.1 Å². The molecule has 14 heavy (non-hydrogen) atoms. The van der Waals surface area contributed by atoms with E-state index in [0.717, 1.165) is 0 Å². The van der Waals surface area contributed by atoms with Crippen molar-refractivity contribution in [3.63, 3.8) is 0 Å². The zero-order valence-electron chi connectivity index (χ0n) is 7.29. The van der Waals surface area contributed by atoms with Crippen LogP contribution in [0.25, 0.3) is 0 Å². The highest BCUT2D eigenvalue weighted by molar-refractivity contribution is 5.34. The van der Waals surface area contributed by atoms with Crippen molar-refractivity contribution in [2.75, 3.05) is 6.61 Å². The summed E-state index contributed by atoms with van der Waals surface area (Å²) in [5.41, 5.74) is 0.677. The second-order valence-electron chi connectivity index (χ2n) is 3.17. The maximum absolute atomic E-state index is 10.3. The van der Waals surface area contributed by atoms with Crippen LogP contribution < -0.4 is 0 Å². The Morgan fingerprint density at radius 3 is 2.50 bits per heavy atom. The van der Waals surface area contributed by atoms with Gasteiger partial charge in [-0.25, -0.2) is 0 Å². The van der Waals surface area contributed by atoms with Gasteiger partial charge in [0.15, 0.2) is 0 Å². The van der Waals surface area contributed by atoms with E-state index in [0.29, 0.717) is 12.2 Å². The van der Waals surface area contributed by atoms with Gasteiger partial charge in [0.05, 0.1) is 11.5 Å². The molecule has 1 N–H and O–H groups in total. The van der Waals surface area contributed by atoms with Crippen LogP contribution in [0, 0.1) is 10.1 Å². The molecule has 1 aliphatic rings. The molecule has 2 atom stereocenters. The molecule has 0 unspecified atom stereocenters. The van der Waals surface area contributed by atoms with Crippen molar-refractivity contribution in [3.8, 4) is 0 Å². The fraction of sp³-hybridized carbons (Fsp3) is 0.333. The minimum atomic E-state index is -0.671. The SMILES string of the molecule is O=[N+]([O-])c1ccc([C@H](O)[C@@H]2CO2)cc1. The van der Waals surface area contributed by atoms with Crippen molar-refractivity contribution in [1.29, 1.82) is 0 Å². The Morgan fingerprint density at radius 1 is 1.50 bits per heavy atom. The van der Waals surface area contributed by atoms with Gasteiger partial charge in [-0.1, -0.05) is 0 Å². The molecule has 1 aromatic rings. The second kappa shape index (κ2) is 3.36. The summed E-state index contributed by atoms with van der Waals surface area (Å²) in [5.74, 6) is 0. The number of aliphatic hydroxyl groups is 1. The van der Waals surface area contributed by atoms with E-state index in [4.69, 9.17) is 4.74 Å². The standard InChI is InChI=1S/C9H9NO4/c11-9(8-5-14-8)6-1-3-7(4-2-6)10(12)13/h1-4,8-9,11H,5H2/t8-,9-/m0/s1. The zero-order chi connectivity index (χ0) is 10.1. The highest BCUT2D eigenvalue weighted by Crippen LogP contribution is 2.28. The predicted molar refractivity (Wildman–Crippen MR) is 47.8 cm³/mol. The molecule has 0 spiro atoms. The molecule has 0 saturated carbocycles. The average Bonchev–Trinajstić information content (AvgIpc) is 3.00. The third-order valence-electron chi connectivity index (χ3n) is 2.16. The van der Waals surface area contributed by atoms with E-state index < -0.39 is 11.0 Å². The van der Waals surface area contributed by atoms with E-state index in [1.165, 1.54) is 12.1 Å². The summed E-state index contributed by atoms with van der Waals surface area (Å²) in [7, 11) is 0. The van der Waals surface area contributed by atoms with Crippen LogP contribution in [0.15, 0.2) is 24.3 Å². The van der Waals surface area contributed by atoms with Crippen LogP contribution in [0.2, 0.25) is 0 Å². The van der Waals surface area contributed by atoms with Crippen molar-refractivity contribution in [2.24, 2.45) is 0 Å². The van der Waals surface area contributed by atoms with Crippen molar-refractivity contribution >= 4 is 5.69 Å². The summed E-state index contributed by atoms with van der Waals surface area (Å²) < 4.78 is 4.92. The molecule has 1 heterocycles. The van der Waals surface area contributed by atoms with Crippen LogP contribution in [0.5, 0.6) is 0 Å². The van der Waals surface area contributed by atoms with Gasteiger partial charge in [-0.15, -0.1) is 0 Å². The van der Waals surface area contributed by atoms with Gasteiger partial charge in [0.1, 0.15) is 12.2 Å². The first kappa shape index (κ1) is 9.11. The molecular formula is C9H9NO4. The number of nitrogens with zero attached hydrogens (tertiary/aromatic N) is 1. The van der Waals surface area contributed by atoms with Crippen molar-refractivity contribution < 1.29 is 14.8 Å². The third-order valence-corrected chi connectivity index (χ3v) is 2.16. The van der Waals surface area contributed by atoms with Gasteiger partial charge in [0.2, 0.25) is 0 Å². The molecule has 0 aromatic heterocycles. The van der Waals surface area contributed by atoms with Crippen molar-refractivity contribution in [3.05, 3.63) is 39.9 Å². The lowest BCUT2D eigenvalue weighted by Crippen LogP contribution is -2.04. The van der Waals surface area contributed by atoms with Crippen LogP contribution in [0.4, 0.5) is 5.69 Å². The molecule has 1 saturated heterocycles. The van der Waals surface area contributed by atoms with E-state index in [1.807, 2.05) is 0 Å². The normalized spacial score (nSPS) is 21.6. The first-order valence-electron chi connectivity index (χ1n) is 4.22. The zero-order valence-corrected chi connectivity index (χ0v) is 7.29. The summed E-state index contributed by atoms with van der Waals surface area (Å²) in [4.78, 5) is 9.88. The highest BCUT2D eigenvalue weighted by atomic mass is 16.6. The number of ether oxygens (including phenoxy) is 1. The average molecular weight is 195 g/mol. The van der Waals surface area contributed by atoms with Gasteiger partial charge in [-0.05, 0) is 17.7 Å². The maximum atomic E-state index is 10.3. The van der Waals surface area contributed by atoms with E-state index in [1.54, 1.807) is 12.1 Å². The van der Waals surface area contributed by atoms with Crippen LogP contribution >= 0.6 is 0 Å². The third kappa shape index (κ3) is 1.73. The number of aliphatic hydroxyl groups excluding tert-OH is 1. The molecule has 2 rings (SSSR count). The summed E-state index contributed by atoms with van der Waals surface area (Å²) in [5, 5.41) is 19.9. The molecule has 5 heteroatoms. The monoisotopic (exact) mass is 195 g/mol. The first-order valence-corrected chi connectivity index (χ1v) is 4.22. The fourth-order valence-corrected chi connectivity index (χ4v) is 1.25. The Hall–Kier alpha value is -1.46. The minimum Gasteiger partial charge on any atom is -0.386 e. The quantitative estimate of drug-likeness (QED) is 0.444. The molecular weight excluding hydrogens is 186 g/mol. The number of nitro groups is 1. The largest absolute Gasteiger partial charge is 0.386 e. The Morgan fingerprint density at radius 2 is 2.07 bits per heavy atom. The lowest BCUT2D eigenvalue weighted by Gasteiger charge is -2.06. The smallest absolute Gasteiger partial charge is 0.269 e. The number of nitro benzene ring substituents is 1. The minimum absolute atomic E-state index is 0.0256.